The van der Waals surface area contributed by atoms with Crippen molar-refractivity contribution in [3.05, 3.63) is 65.2 Å². The number of carbonyl (C=O) groups is 1. The lowest BCUT2D eigenvalue weighted by atomic mass is 9.61. The molecule has 0 aliphatic heterocycles. The summed E-state index contributed by atoms with van der Waals surface area (Å²) in [5, 5.41) is 0. The topological polar surface area (TPSA) is 35.5 Å². The van der Waals surface area contributed by atoms with Crippen LogP contribution < -0.4 is 4.74 Å². The summed E-state index contributed by atoms with van der Waals surface area (Å²) in [6.45, 7) is 16.2. The maximum absolute atomic E-state index is 12.9. The van der Waals surface area contributed by atoms with Crippen LogP contribution in [0.5, 0.6) is 5.75 Å². The molecule has 1 aliphatic rings. The molecule has 1 aliphatic carbocycles. The van der Waals surface area contributed by atoms with Crippen LogP contribution in [0.25, 0.3) is 11.6 Å². The molecule has 3 nitrogen and oxygen atoms in total. The summed E-state index contributed by atoms with van der Waals surface area (Å²) in [4.78, 5) is 12.9. The Hall–Kier alpha value is -2.55. The van der Waals surface area contributed by atoms with E-state index in [2.05, 4.69) is 83.2 Å². The van der Waals surface area contributed by atoms with Crippen LogP contribution in [0.4, 0.5) is 0 Å². The van der Waals surface area contributed by atoms with Crippen molar-refractivity contribution in [1.82, 2.24) is 0 Å². The van der Waals surface area contributed by atoms with Gasteiger partial charge < -0.3 is 9.47 Å². The number of fused-ring (bicyclic) bond motifs is 1. The molecular weight excluding hydrogens is 444 g/mol. The third-order valence-corrected chi connectivity index (χ3v) is 7.74. The average Bonchev–Trinajstić information content (AvgIpc) is 2.81. The molecule has 0 heterocycles. The molecule has 0 fully saturated rings. The first-order valence-electron chi connectivity index (χ1n) is 13.6. The number of hydrogen-bond acceptors (Lipinski definition) is 3. The molecule has 0 aromatic heterocycles. The first-order chi connectivity index (χ1) is 16.9. The summed E-state index contributed by atoms with van der Waals surface area (Å²) in [5.41, 5.74) is 4.77. The number of esters is 1. The molecule has 2 aromatic carbocycles. The van der Waals surface area contributed by atoms with E-state index >= 15 is 0 Å². The van der Waals surface area contributed by atoms with E-state index in [1.54, 1.807) is 0 Å². The van der Waals surface area contributed by atoms with Crippen LogP contribution in [0.1, 0.15) is 97.3 Å². The molecule has 0 unspecified atom stereocenters. The number of hydrogen-bond donors (Lipinski definition) is 0. The summed E-state index contributed by atoms with van der Waals surface area (Å²) >= 11 is 0. The van der Waals surface area contributed by atoms with Crippen LogP contribution in [0.15, 0.2) is 48.5 Å². The molecule has 0 spiro atoms. The molecule has 0 atom stereocenters. The van der Waals surface area contributed by atoms with Gasteiger partial charge in [-0.25, -0.2) is 0 Å². The minimum Gasteiger partial charge on any atom is -0.493 e. The number of aryl methyl sites for hydroxylation is 1. The van der Waals surface area contributed by atoms with E-state index in [1.165, 1.54) is 22.3 Å². The number of allylic oxidation sites excluding steroid dienone is 1. The van der Waals surface area contributed by atoms with Gasteiger partial charge in [0, 0.05) is 5.56 Å². The Labute approximate surface area is 219 Å². The quantitative estimate of drug-likeness (QED) is 0.233. The van der Waals surface area contributed by atoms with Gasteiger partial charge in [-0.15, -0.1) is 0 Å². The van der Waals surface area contributed by atoms with Gasteiger partial charge >= 0.3 is 5.97 Å². The highest BCUT2D eigenvalue weighted by Crippen LogP contribution is 2.47. The SMILES string of the molecule is CC(C)(C)CC(C)(C)C(C)(C)C(=O)OCCCCCOc1ccccc1C1=Cc2ccccc2CC1. The Morgan fingerprint density at radius 1 is 0.806 bits per heavy atom. The lowest BCUT2D eigenvalue weighted by molar-refractivity contribution is -0.162. The van der Waals surface area contributed by atoms with Gasteiger partial charge in [0.1, 0.15) is 5.75 Å². The van der Waals surface area contributed by atoms with Crippen molar-refractivity contribution in [2.75, 3.05) is 13.2 Å². The van der Waals surface area contributed by atoms with Gasteiger partial charge in [0.2, 0.25) is 0 Å². The van der Waals surface area contributed by atoms with Crippen molar-refractivity contribution in [1.29, 1.82) is 0 Å². The number of rotatable bonds is 11. The van der Waals surface area contributed by atoms with E-state index < -0.39 is 5.41 Å². The first-order valence-corrected chi connectivity index (χ1v) is 13.6. The summed E-state index contributed by atoms with van der Waals surface area (Å²) < 4.78 is 11.9. The standard InChI is InChI=1S/C33H46O3/c1-31(2,3)24-32(4,5)33(6,7)30(34)36-22-14-8-13-21-35-29-18-12-11-17-28(29)27-20-19-25-15-9-10-16-26(25)23-27/h9-12,15-18,23H,8,13-14,19-22,24H2,1-7H3. The average molecular weight is 491 g/mol. The predicted octanol–water partition coefficient (Wildman–Crippen LogP) is 8.75. The molecule has 2 aromatic rings. The van der Waals surface area contributed by atoms with Gasteiger partial charge in [0.15, 0.2) is 0 Å². The van der Waals surface area contributed by atoms with Crippen LogP contribution in [-0.4, -0.2) is 19.2 Å². The Morgan fingerprint density at radius 2 is 1.47 bits per heavy atom. The highest BCUT2D eigenvalue weighted by molar-refractivity contribution is 5.86. The molecule has 0 radical (unpaired) electrons. The van der Waals surface area contributed by atoms with E-state index in [-0.39, 0.29) is 16.8 Å². The van der Waals surface area contributed by atoms with Crippen LogP contribution in [0, 0.1) is 16.2 Å². The normalized spacial score (nSPS) is 14.1. The van der Waals surface area contributed by atoms with E-state index in [1.807, 2.05) is 19.9 Å². The number of benzene rings is 2. The molecule has 3 heteroatoms. The molecule has 0 bridgehead atoms. The Balaban J connectivity index is 1.44. The minimum absolute atomic E-state index is 0.0933. The fraction of sp³-hybridized carbons (Fsp3) is 0.545. The van der Waals surface area contributed by atoms with Gasteiger partial charge in [-0.3, -0.25) is 4.79 Å². The van der Waals surface area contributed by atoms with E-state index in [0.29, 0.717) is 13.2 Å². The maximum Gasteiger partial charge on any atom is 0.312 e. The zero-order chi connectivity index (χ0) is 26.4. The Morgan fingerprint density at radius 3 is 2.22 bits per heavy atom. The second-order valence-corrected chi connectivity index (χ2v) is 12.7. The van der Waals surface area contributed by atoms with Gasteiger partial charge in [-0.1, -0.05) is 83.2 Å². The second kappa shape index (κ2) is 11.7. The van der Waals surface area contributed by atoms with Crippen molar-refractivity contribution < 1.29 is 14.3 Å². The summed E-state index contributed by atoms with van der Waals surface area (Å²) in [6.07, 6.45) is 8.13. The largest absolute Gasteiger partial charge is 0.493 e. The fourth-order valence-corrected chi connectivity index (χ4v) is 5.23. The Kier molecular flexibility index (Phi) is 9.08. The van der Waals surface area contributed by atoms with Crippen LogP contribution in [0.2, 0.25) is 0 Å². The van der Waals surface area contributed by atoms with Gasteiger partial charge in [-0.05, 0) is 86.0 Å². The van der Waals surface area contributed by atoms with Crippen LogP contribution in [-0.2, 0) is 16.0 Å². The van der Waals surface area contributed by atoms with E-state index in [0.717, 1.165) is 44.3 Å². The zero-order valence-electron chi connectivity index (χ0n) is 23.6. The van der Waals surface area contributed by atoms with Crippen molar-refractivity contribution in [3.63, 3.8) is 0 Å². The highest BCUT2D eigenvalue weighted by atomic mass is 16.5. The second-order valence-electron chi connectivity index (χ2n) is 12.7. The third kappa shape index (κ3) is 7.24. The number of unbranched alkanes of at least 4 members (excludes halogenated alkanes) is 2. The summed E-state index contributed by atoms with van der Waals surface area (Å²) in [7, 11) is 0. The number of ether oxygens (including phenoxy) is 2. The highest BCUT2D eigenvalue weighted by Gasteiger charge is 2.46. The van der Waals surface area contributed by atoms with E-state index in [4.69, 9.17) is 9.47 Å². The Bertz CT molecular complexity index is 1050. The molecule has 196 valence electrons. The van der Waals surface area contributed by atoms with Crippen LogP contribution in [0.3, 0.4) is 0 Å². The van der Waals surface area contributed by atoms with Crippen molar-refractivity contribution in [3.8, 4) is 5.75 Å². The molecule has 0 amide bonds. The van der Waals surface area contributed by atoms with Gasteiger partial charge in [0.25, 0.3) is 0 Å². The molecule has 0 saturated carbocycles. The van der Waals surface area contributed by atoms with E-state index in [9.17, 15) is 4.79 Å². The van der Waals surface area contributed by atoms with Crippen molar-refractivity contribution in [2.24, 2.45) is 16.2 Å². The first kappa shape index (κ1) is 28.0. The van der Waals surface area contributed by atoms with Gasteiger partial charge in [-0.2, -0.15) is 0 Å². The maximum atomic E-state index is 12.9. The molecule has 0 saturated heterocycles. The monoisotopic (exact) mass is 490 g/mol. The lowest BCUT2D eigenvalue weighted by Crippen LogP contribution is -2.43. The number of carbonyl (C=O) groups excluding carboxylic acids is 1. The fourth-order valence-electron chi connectivity index (χ4n) is 5.23. The molecular formula is C33H46O3. The van der Waals surface area contributed by atoms with Gasteiger partial charge in [0.05, 0.1) is 18.6 Å². The summed E-state index contributed by atoms with van der Waals surface area (Å²) in [6, 6.07) is 17.0. The molecule has 3 rings (SSSR count). The number of para-hydroxylation sites is 1. The summed E-state index contributed by atoms with van der Waals surface area (Å²) in [5.74, 6) is 0.863. The lowest BCUT2D eigenvalue weighted by Gasteiger charge is -2.43. The smallest absolute Gasteiger partial charge is 0.312 e. The zero-order valence-corrected chi connectivity index (χ0v) is 23.6. The predicted molar refractivity (Wildman–Crippen MR) is 151 cm³/mol. The molecule has 0 N–H and O–H groups in total. The van der Waals surface area contributed by atoms with Crippen molar-refractivity contribution in [2.45, 2.75) is 87.0 Å². The molecule has 36 heavy (non-hydrogen) atoms. The van der Waals surface area contributed by atoms with Crippen LogP contribution >= 0.6 is 0 Å². The minimum atomic E-state index is -0.526. The van der Waals surface area contributed by atoms with Crippen molar-refractivity contribution >= 4 is 17.6 Å². The third-order valence-electron chi connectivity index (χ3n) is 7.74.